The van der Waals surface area contributed by atoms with Gasteiger partial charge in [0.05, 0.1) is 23.3 Å². The summed E-state index contributed by atoms with van der Waals surface area (Å²) < 4.78 is 32.3. The standard InChI is InChI=1S/C23H32BFN2O5/c1-21(2,3)30-20(29)27-15-11-16(27)13-26(12-15)19(28)14-8-9-17(18(25)10-14)24-31-22(4,5)23(6,7)32-24/h8-10,15-16H,11-13H2,1-7H3/t15-,16+. The summed E-state index contributed by atoms with van der Waals surface area (Å²) in [6, 6.07) is 4.28. The highest BCUT2D eigenvalue weighted by atomic mass is 19.1. The molecule has 7 nitrogen and oxygen atoms in total. The third-order valence-corrected chi connectivity index (χ3v) is 6.84. The predicted molar refractivity (Wildman–Crippen MR) is 118 cm³/mol. The second kappa shape index (κ2) is 7.45. The van der Waals surface area contributed by atoms with E-state index in [2.05, 4.69) is 0 Å². The van der Waals surface area contributed by atoms with Gasteiger partial charge in [-0.05, 0) is 67.0 Å². The molecule has 0 aromatic heterocycles. The first-order valence-corrected chi connectivity index (χ1v) is 11.1. The molecule has 0 saturated carbocycles. The zero-order valence-corrected chi connectivity index (χ0v) is 19.9. The molecule has 0 spiro atoms. The topological polar surface area (TPSA) is 68.3 Å². The van der Waals surface area contributed by atoms with Crippen LogP contribution in [0.5, 0.6) is 0 Å². The first kappa shape index (κ1) is 23.0. The third-order valence-electron chi connectivity index (χ3n) is 6.84. The Kier molecular flexibility index (Phi) is 5.37. The fraction of sp³-hybridized carbons (Fsp3) is 0.652. The van der Waals surface area contributed by atoms with E-state index in [0.29, 0.717) is 13.1 Å². The average Bonchev–Trinajstić information content (AvgIpc) is 2.86. The van der Waals surface area contributed by atoms with Gasteiger partial charge in [0.15, 0.2) is 0 Å². The third kappa shape index (κ3) is 4.01. The number of fused-ring (bicyclic) bond motifs is 2. The van der Waals surface area contributed by atoms with E-state index in [1.807, 2.05) is 48.5 Å². The summed E-state index contributed by atoms with van der Waals surface area (Å²) in [6.07, 6.45) is 0.502. The smallest absolute Gasteiger partial charge is 0.444 e. The number of halogens is 1. The molecule has 9 heteroatoms. The molecule has 0 N–H and O–H groups in total. The Bertz CT molecular complexity index is 917. The van der Waals surface area contributed by atoms with Crippen LogP contribution in [0.4, 0.5) is 9.18 Å². The zero-order valence-electron chi connectivity index (χ0n) is 19.9. The molecule has 2 atom stereocenters. The molecule has 4 heterocycles. The molecule has 2 amide bonds. The zero-order chi connectivity index (χ0) is 23.6. The number of piperidine rings is 1. The number of rotatable bonds is 2. The van der Waals surface area contributed by atoms with Gasteiger partial charge in [0, 0.05) is 24.1 Å². The van der Waals surface area contributed by atoms with E-state index in [4.69, 9.17) is 14.0 Å². The summed E-state index contributed by atoms with van der Waals surface area (Å²) in [7, 11) is -0.825. The van der Waals surface area contributed by atoms with E-state index in [0.717, 1.165) is 6.42 Å². The van der Waals surface area contributed by atoms with Crippen LogP contribution in [0.1, 0.15) is 65.2 Å². The Morgan fingerprint density at radius 2 is 1.66 bits per heavy atom. The summed E-state index contributed by atoms with van der Waals surface area (Å²) in [5, 5.41) is 0. The largest absolute Gasteiger partial charge is 0.497 e. The van der Waals surface area contributed by atoms with Crippen LogP contribution in [0.25, 0.3) is 0 Å². The molecule has 4 aliphatic heterocycles. The highest BCUT2D eigenvalue weighted by Crippen LogP contribution is 2.37. The summed E-state index contributed by atoms with van der Waals surface area (Å²) >= 11 is 0. The molecule has 5 rings (SSSR count). The van der Waals surface area contributed by atoms with E-state index in [9.17, 15) is 14.0 Å². The Morgan fingerprint density at radius 1 is 1.09 bits per heavy atom. The number of piperazine rings is 1. The maximum absolute atomic E-state index is 14.9. The number of carbonyl (C=O) groups excluding carboxylic acids is 2. The number of amides is 2. The second-order valence-electron chi connectivity index (χ2n) is 11.0. The monoisotopic (exact) mass is 446 g/mol. The summed E-state index contributed by atoms with van der Waals surface area (Å²) in [4.78, 5) is 28.9. The number of nitrogens with zero attached hydrogens (tertiary/aromatic N) is 2. The lowest BCUT2D eigenvalue weighted by atomic mass is 9.78. The molecular weight excluding hydrogens is 414 g/mol. The van der Waals surface area contributed by atoms with E-state index < -0.39 is 29.7 Å². The van der Waals surface area contributed by atoms with Gasteiger partial charge in [-0.1, -0.05) is 6.07 Å². The predicted octanol–water partition coefficient (Wildman–Crippen LogP) is 2.96. The van der Waals surface area contributed by atoms with Gasteiger partial charge in [-0.3, -0.25) is 9.69 Å². The molecule has 1 aromatic carbocycles. The van der Waals surface area contributed by atoms with Crippen LogP contribution in [-0.4, -0.2) is 70.9 Å². The van der Waals surface area contributed by atoms with E-state index in [1.54, 1.807) is 21.9 Å². The highest BCUT2D eigenvalue weighted by Gasteiger charge is 2.53. The molecule has 1 aromatic rings. The van der Waals surface area contributed by atoms with Crippen molar-refractivity contribution in [1.82, 2.24) is 9.80 Å². The number of carbonyl (C=O) groups is 2. The van der Waals surface area contributed by atoms with Crippen LogP contribution in [0.15, 0.2) is 18.2 Å². The number of benzene rings is 1. The minimum Gasteiger partial charge on any atom is -0.444 e. The van der Waals surface area contributed by atoms with Gasteiger partial charge in [0.2, 0.25) is 0 Å². The van der Waals surface area contributed by atoms with Gasteiger partial charge >= 0.3 is 13.2 Å². The van der Waals surface area contributed by atoms with Crippen LogP contribution in [0.3, 0.4) is 0 Å². The lowest BCUT2D eigenvalue weighted by Crippen LogP contribution is -2.71. The van der Waals surface area contributed by atoms with Crippen molar-refractivity contribution in [2.75, 3.05) is 13.1 Å². The van der Waals surface area contributed by atoms with Gasteiger partial charge in [0.1, 0.15) is 11.4 Å². The first-order chi connectivity index (χ1) is 14.7. The fourth-order valence-electron chi connectivity index (χ4n) is 4.39. The molecule has 174 valence electrons. The van der Waals surface area contributed by atoms with E-state index >= 15 is 0 Å². The van der Waals surface area contributed by atoms with Crippen LogP contribution in [-0.2, 0) is 14.0 Å². The minimum atomic E-state index is -0.825. The van der Waals surface area contributed by atoms with Gasteiger partial charge in [-0.2, -0.15) is 0 Å². The van der Waals surface area contributed by atoms with E-state index in [-0.39, 0.29) is 35.1 Å². The van der Waals surface area contributed by atoms with Crippen molar-refractivity contribution in [2.45, 2.75) is 83.8 Å². The Hall–Kier alpha value is -2.13. The van der Waals surface area contributed by atoms with Crippen LogP contribution in [0.2, 0.25) is 0 Å². The minimum absolute atomic E-state index is 0.0681. The summed E-state index contributed by atoms with van der Waals surface area (Å²) in [5.41, 5.74) is -1.17. The van der Waals surface area contributed by atoms with Crippen LogP contribution >= 0.6 is 0 Å². The maximum atomic E-state index is 14.9. The summed E-state index contributed by atoms with van der Waals surface area (Å²) in [6.45, 7) is 13.9. The van der Waals surface area contributed by atoms with Crippen LogP contribution in [0, 0.1) is 5.82 Å². The molecule has 0 aliphatic carbocycles. The number of hydrogen-bond donors (Lipinski definition) is 0. The number of hydrogen-bond acceptors (Lipinski definition) is 5. The summed E-state index contributed by atoms with van der Waals surface area (Å²) in [5.74, 6) is -0.783. The molecule has 2 bridgehead atoms. The normalized spacial score (nSPS) is 26.1. The molecule has 0 radical (unpaired) electrons. The van der Waals surface area contributed by atoms with Gasteiger partial charge in [0.25, 0.3) is 5.91 Å². The molecule has 4 fully saturated rings. The Morgan fingerprint density at radius 3 is 2.16 bits per heavy atom. The Balaban J connectivity index is 1.42. The molecule has 4 saturated heterocycles. The van der Waals surface area contributed by atoms with Gasteiger partial charge in [-0.25, -0.2) is 9.18 Å². The van der Waals surface area contributed by atoms with E-state index in [1.165, 1.54) is 6.07 Å². The Labute approximate surface area is 189 Å². The second-order valence-corrected chi connectivity index (χ2v) is 11.0. The lowest BCUT2D eigenvalue weighted by Gasteiger charge is -2.55. The number of ether oxygens (including phenoxy) is 1. The van der Waals surface area contributed by atoms with Crippen molar-refractivity contribution in [3.63, 3.8) is 0 Å². The van der Waals surface area contributed by atoms with Gasteiger partial charge < -0.3 is 18.9 Å². The first-order valence-electron chi connectivity index (χ1n) is 11.1. The van der Waals surface area contributed by atoms with Crippen molar-refractivity contribution in [3.05, 3.63) is 29.6 Å². The molecular formula is C23H32BFN2O5. The molecule has 32 heavy (non-hydrogen) atoms. The van der Waals surface area contributed by atoms with Crippen molar-refractivity contribution in [3.8, 4) is 0 Å². The SMILES string of the molecule is CC(C)(C)OC(=O)N1[C@@H]2C[C@H]1CN(C(=O)c1ccc(B3OC(C)(C)C(C)(C)O3)c(F)c1)C2. The molecule has 0 unspecified atom stereocenters. The van der Waals surface area contributed by atoms with Crippen LogP contribution < -0.4 is 5.46 Å². The lowest BCUT2D eigenvalue weighted by molar-refractivity contribution is -0.0693. The molecule has 4 aliphatic rings. The quantitative estimate of drug-likeness (QED) is 0.654. The fourth-order valence-corrected chi connectivity index (χ4v) is 4.39. The van der Waals surface area contributed by atoms with Crippen molar-refractivity contribution < 1.29 is 28.0 Å². The maximum Gasteiger partial charge on any atom is 0.497 e. The van der Waals surface area contributed by atoms with Gasteiger partial charge in [-0.15, -0.1) is 0 Å². The highest BCUT2D eigenvalue weighted by molar-refractivity contribution is 6.62. The van der Waals surface area contributed by atoms with Crippen molar-refractivity contribution in [2.24, 2.45) is 0 Å². The van der Waals surface area contributed by atoms with Crippen molar-refractivity contribution >= 4 is 24.6 Å². The van der Waals surface area contributed by atoms with Crippen molar-refractivity contribution in [1.29, 1.82) is 0 Å². The average molecular weight is 446 g/mol.